The standard InChI is InChI=1S/C26H35N5O4S/c1-18-14-22(36(34,35)29-13-12-19(2)32)10-11-23(18)30-26(33)24-15-25(28-17-27-24)31(16-20-8-9-20)21-6-4-3-5-7-21/h10-11,14-15,17,20-21,29H,3-9,12-13,16H2,1-2H3,(H,30,33). The number of sulfonamides is 1. The number of benzene rings is 1. The summed E-state index contributed by atoms with van der Waals surface area (Å²) >= 11 is 0. The van der Waals surface area contributed by atoms with Crippen LogP contribution in [0.15, 0.2) is 35.5 Å². The molecule has 1 amide bonds. The number of Topliss-reactive ketones (excluding diaryl/α,β-unsaturated/α-hetero) is 1. The van der Waals surface area contributed by atoms with Crippen LogP contribution in [0.25, 0.3) is 0 Å². The van der Waals surface area contributed by atoms with Gasteiger partial charge in [0.2, 0.25) is 10.0 Å². The molecule has 0 saturated heterocycles. The Morgan fingerprint density at radius 3 is 2.47 bits per heavy atom. The van der Waals surface area contributed by atoms with Crippen LogP contribution in [-0.4, -0.2) is 49.2 Å². The van der Waals surface area contributed by atoms with Gasteiger partial charge in [0.1, 0.15) is 23.6 Å². The van der Waals surface area contributed by atoms with Crippen LogP contribution in [0.3, 0.4) is 0 Å². The first-order valence-electron chi connectivity index (χ1n) is 12.7. The lowest BCUT2D eigenvalue weighted by molar-refractivity contribution is -0.116. The van der Waals surface area contributed by atoms with Crippen LogP contribution in [0.1, 0.15) is 74.3 Å². The topological polar surface area (TPSA) is 121 Å². The minimum Gasteiger partial charge on any atom is -0.353 e. The molecule has 2 aromatic rings. The van der Waals surface area contributed by atoms with Gasteiger partial charge in [0.25, 0.3) is 5.91 Å². The van der Waals surface area contributed by atoms with Crippen molar-refractivity contribution in [3.63, 3.8) is 0 Å². The van der Waals surface area contributed by atoms with Gasteiger partial charge in [0, 0.05) is 37.3 Å². The monoisotopic (exact) mass is 513 g/mol. The van der Waals surface area contributed by atoms with E-state index < -0.39 is 10.0 Å². The summed E-state index contributed by atoms with van der Waals surface area (Å²) in [5, 5.41) is 2.85. The molecule has 0 bridgehead atoms. The maximum atomic E-state index is 13.1. The van der Waals surface area contributed by atoms with Gasteiger partial charge in [0.05, 0.1) is 4.90 Å². The Bertz CT molecular complexity index is 1210. The lowest BCUT2D eigenvalue weighted by Crippen LogP contribution is -2.39. The summed E-state index contributed by atoms with van der Waals surface area (Å²) in [7, 11) is -3.75. The summed E-state index contributed by atoms with van der Waals surface area (Å²) in [6, 6.07) is 6.71. The molecule has 2 fully saturated rings. The number of nitrogens with zero attached hydrogens (tertiary/aromatic N) is 3. The zero-order valence-electron chi connectivity index (χ0n) is 21.0. The summed E-state index contributed by atoms with van der Waals surface area (Å²) in [4.78, 5) is 35.3. The average molecular weight is 514 g/mol. The van der Waals surface area contributed by atoms with Gasteiger partial charge < -0.3 is 10.2 Å². The van der Waals surface area contributed by atoms with E-state index in [1.54, 1.807) is 19.1 Å². The van der Waals surface area contributed by atoms with Crippen molar-refractivity contribution < 1.29 is 18.0 Å². The van der Waals surface area contributed by atoms with Gasteiger partial charge in [-0.15, -0.1) is 0 Å². The number of ketones is 1. The Balaban J connectivity index is 1.46. The van der Waals surface area contributed by atoms with E-state index in [9.17, 15) is 18.0 Å². The van der Waals surface area contributed by atoms with Crippen LogP contribution in [0, 0.1) is 12.8 Å². The number of anilines is 2. The van der Waals surface area contributed by atoms with Crippen molar-refractivity contribution in [2.24, 2.45) is 5.92 Å². The molecule has 0 atom stereocenters. The minimum absolute atomic E-state index is 0.0455. The van der Waals surface area contributed by atoms with Crippen molar-refractivity contribution >= 4 is 33.2 Å². The van der Waals surface area contributed by atoms with Gasteiger partial charge in [-0.25, -0.2) is 23.1 Å². The highest BCUT2D eigenvalue weighted by Gasteiger charge is 2.30. The summed E-state index contributed by atoms with van der Waals surface area (Å²) in [5.41, 5.74) is 1.38. The second-order valence-electron chi connectivity index (χ2n) is 9.93. The summed E-state index contributed by atoms with van der Waals surface area (Å²) in [6.07, 6.45) is 10.1. The molecule has 2 saturated carbocycles. The van der Waals surface area contributed by atoms with Crippen LogP contribution in [0.5, 0.6) is 0 Å². The van der Waals surface area contributed by atoms with Crippen LogP contribution >= 0.6 is 0 Å². The molecule has 2 aliphatic carbocycles. The van der Waals surface area contributed by atoms with E-state index in [2.05, 4.69) is 24.9 Å². The number of hydrogen-bond acceptors (Lipinski definition) is 7. The van der Waals surface area contributed by atoms with Gasteiger partial charge in [-0.3, -0.25) is 9.59 Å². The smallest absolute Gasteiger partial charge is 0.274 e. The maximum absolute atomic E-state index is 13.1. The van der Waals surface area contributed by atoms with Crippen molar-refractivity contribution in [3.8, 4) is 0 Å². The first-order valence-corrected chi connectivity index (χ1v) is 14.2. The summed E-state index contributed by atoms with van der Waals surface area (Å²) in [6.45, 7) is 4.16. The zero-order valence-corrected chi connectivity index (χ0v) is 21.8. The Morgan fingerprint density at radius 1 is 1.06 bits per heavy atom. The van der Waals surface area contributed by atoms with Crippen LogP contribution in [0.4, 0.5) is 11.5 Å². The fraction of sp³-hybridized carbons (Fsp3) is 0.538. The quantitative estimate of drug-likeness (QED) is 0.468. The number of carbonyl (C=O) groups excluding carboxylic acids is 2. The number of hydrogen-bond donors (Lipinski definition) is 2. The maximum Gasteiger partial charge on any atom is 0.274 e. The SMILES string of the molecule is CC(=O)CCNS(=O)(=O)c1ccc(NC(=O)c2cc(N(CC3CC3)C3CCCCC3)ncn2)c(C)c1. The molecule has 2 aliphatic rings. The average Bonchev–Trinajstić information content (AvgIpc) is 3.68. The molecule has 0 spiro atoms. The largest absolute Gasteiger partial charge is 0.353 e. The fourth-order valence-electron chi connectivity index (χ4n) is 4.60. The normalized spacial score (nSPS) is 16.5. The Labute approximate surface area is 213 Å². The third-order valence-corrected chi connectivity index (χ3v) is 8.33. The third-order valence-electron chi connectivity index (χ3n) is 6.87. The number of rotatable bonds is 11. The summed E-state index contributed by atoms with van der Waals surface area (Å²) < 4.78 is 27.4. The molecule has 0 radical (unpaired) electrons. The summed E-state index contributed by atoms with van der Waals surface area (Å²) in [5.74, 6) is 1.04. The highest BCUT2D eigenvalue weighted by atomic mass is 32.2. The number of nitrogens with one attached hydrogen (secondary N) is 2. The van der Waals surface area contributed by atoms with Crippen molar-refractivity contribution in [1.29, 1.82) is 0 Å². The molecule has 0 aliphatic heterocycles. The van der Waals surface area contributed by atoms with E-state index >= 15 is 0 Å². The lowest BCUT2D eigenvalue weighted by Gasteiger charge is -2.35. The highest BCUT2D eigenvalue weighted by Crippen LogP contribution is 2.34. The van der Waals surface area contributed by atoms with Gasteiger partial charge in [-0.1, -0.05) is 19.3 Å². The fourth-order valence-corrected chi connectivity index (χ4v) is 5.72. The zero-order chi connectivity index (χ0) is 25.7. The number of carbonyl (C=O) groups is 2. The molecule has 2 N–H and O–H groups in total. The van der Waals surface area contributed by atoms with Gasteiger partial charge in [-0.05, 0) is 69.2 Å². The first-order chi connectivity index (χ1) is 17.2. The number of aryl methyl sites for hydroxylation is 1. The van der Waals surface area contributed by atoms with Crippen molar-refractivity contribution in [1.82, 2.24) is 14.7 Å². The Kier molecular flexibility index (Phi) is 8.35. The molecule has 1 heterocycles. The van der Waals surface area contributed by atoms with Gasteiger partial charge >= 0.3 is 0 Å². The molecule has 194 valence electrons. The molecule has 10 heteroatoms. The molecule has 36 heavy (non-hydrogen) atoms. The van der Waals surface area contributed by atoms with Gasteiger partial charge in [0.15, 0.2) is 0 Å². The predicted molar refractivity (Wildman–Crippen MR) is 139 cm³/mol. The second-order valence-corrected chi connectivity index (χ2v) is 11.7. The molecular weight excluding hydrogens is 478 g/mol. The molecule has 1 aromatic carbocycles. The minimum atomic E-state index is -3.75. The van der Waals surface area contributed by atoms with Crippen molar-refractivity contribution in [2.45, 2.75) is 76.2 Å². The van der Waals surface area contributed by atoms with Gasteiger partial charge in [-0.2, -0.15) is 0 Å². The Hall–Kier alpha value is -2.85. The number of aromatic nitrogens is 2. The van der Waals surface area contributed by atoms with Crippen LogP contribution in [-0.2, 0) is 14.8 Å². The third kappa shape index (κ3) is 6.88. The highest BCUT2D eigenvalue weighted by molar-refractivity contribution is 7.89. The molecular formula is C26H35N5O4S. The van der Waals surface area contributed by atoms with E-state index in [0.717, 1.165) is 25.2 Å². The molecule has 1 aromatic heterocycles. The van der Waals surface area contributed by atoms with Crippen molar-refractivity contribution in [3.05, 3.63) is 41.9 Å². The van der Waals surface area contributed by atoms with Crippen LogP contribution < -0.4 is 14.9 Å². The van der Waals surface area contributed by atoms with E-state index in [1.807, 2.05) is 0 Å². The van der Waals surface area contributed by atoms with E-state index in [-0.39, 0.29) is 35.2 Å². The van der Waals surface area contributed by atoms with Crippen LogP contribution in [0.2, 0.25) is 0 Å². The molecule has 4 rings (SSSR count). The predicted octanol–water partition coefficient (Wildman–Crippen LogP) is 3.84. The molecule has 0 unspecified atom stereocenters. The van der Waals surface area contributed by atoms with E-state index in [0.29, 0.717) is 23.2 Å². The second kappa shape index (κ2) is 11.5. The van der Waals surface area contributed by atoms with Crippen molar-refractivity contribution in [2.75, 3.05) is 23.3 Å². The Morgan fingerprint density at radius 2 is 1.81 bits per heavy atom. The van der Waals surface area contributed by atoms with E-state index in [1.165, 1.54) is 57.5 Å². The first kappa shape index (κ1) is 26.2. The molecule has 9 nitrogen and oxygen atoms in total. The lowest BCUT2D eigenvalue weighted by atomic mass is 9.94. The number of amides is 1. The van der Waals surface area contributed by atoms with E-state index in [4.69, 9.17) is 0 Å².